The molecular formula is C15H19N5. The van der Waals surface area contributed by atoms with Crippen LogP contribution in [-0.2, 0) is 13.1 Å². The Morgan fingerprint density at radius 3 is 2.85 bits per heavy atom. The highest BCUT2D eigenvalue weighted by Gasteiger charge is 2.10. The Morgan fingerprint density at radius 1 is 1.30 bits per heavy atom. The van der Waals surface area contributed by atoms with Gasteiger partial charge in [-0.25, -0.2) is 4.98 Å². The van der Waals surface area contributed by atoms with E-state index >= 15 is 0 Å². The van der Waals surface area contributed by atoms with Gasteiger partial charge >= 0.3 is 0 Å². The Kier molecular flexibility index (Phi) is 3.18. The first kappa shape index (κ1) is 12.7. The fraction of sp³-hybridized carbons (Fsp3) is 0.333. The Labute approximate surface area is 118 Å². The molecule has 20 heavy (non-hydrogen) atoms. The molecule has 0 aliphatic heterocycles. The SMILES string of the molecule is CCn1c(NCc2cn[nH]c2C)nc2cc(C)ccc21. The highest BCUT2D eigenvalue weighted by atomic mass is 15.2. The van der Waals surface area contributed by atoms with E-state index in [0.29, 0.717) is 0 Å². The third kappa shape index (κ3) is 2.15. The van der Waals surface area contributed by atoms with Crippen LogP contribution in [0.15, 0.2) is 24.4 Å². The van der Waals surface area contributed by atoms with Gasteiger partial charge in [0.1, 0.15) is 0 Å². The normalized spacial score (nSPS) is 11.2. The number of hydrogen-bond acceptors (Lipinski definition) is 3. The number of H-pyrrole nitrogens is 1. The molecule has 3 aromatic rings. The standard InChI is InChI=1S/C15H19N5/c1-4-20-14-6-5-10(2)7-13(14)18-15(20)16-8-12-9-17-19-11(12)3/h5-7,9H,4,8H2,1-3H3,(H,16,18)(H,17,19). The molecule has 0 atom stereocenters. The Balaban J connectivity index is 1.92. The van der Waals surface area contributed by atoms with Crippen LogP contribution in [0.25, 0.3) is 11.0 Å². The number of aromatic nitrogens is 4. The number of nitrogens with zero attached hydrogens (tertiary/aromatic N) is 3. The van der Waals surface area contributed by atoms with Crippen molar-refractivity contribution in [3.63, 3.8) is 0 Å². The molecule has 0 saturated carbocycles. The molecule has 2 aromatic heterocycles. The quantitative estimate of drug-likeness (QED) is 0.765. The summed E-state index contributed by atoms with van der Waals surface area (Å²) in [6.07, 6.45) is 1.85. The van der Waals surface area contributed by atoms with E-state index in [1.54, 1.807) is 0 Å². The third-order valence-corrected chi connectivity index (χ3v) is 3.59. The van der Waals surface area contributed by atoms with Crippen molar-refractivity contribution in [2.45, 2.75) is 33.9 Å². The average Bonchev–Trinajstić information content (AvgIpc) is 2.98. The molecule has 0 aliphatic rings. The predicted octanol–water partition coefficient (Wildman–Crippen LogP) is 3.01. The number of hydrogen-bond donors (Lipinski definition) is 2. The van der Waals surface area contributed by atoms with E-state index in [2.05, 4.69) is 52.1 Å². The summed E-state index contributed by atoms with van der Waals surface area (Å²) in [6.45, 7) is 7.87. The molecular weight excluding hydrogens is 250 g/mol. The van der Waals surface area contributed by atoms with E-state index in [1.807, 2.05) is 13.1 Å². The molecule has 0 bridgehead atoms. The maximum atomic E-state index is 4.69. The van der Waals surface area contributed by atoms with Crippen LogP contribution in [0.4, 0.5) is 5.95 Å². The van der Waals surface area contributed by atoms with E-state index in [1.165, 1.54) is 11.1 Å². The number of aryl methyl sites for hydroxylation is 3. The van der Waals surface area contributed by atoms with E-state index < -0.39 is 0 Å². The van der Waals surface area contributed by atoms with Crippen molar-refractivity contribution in [2.24, 2.45) is 0 Å². The average molecular weight is 269 g/mol. The van der Waals surface area contributed by atoms with Crippen LogP contribution in [0.2, 0.25) is 0 Å². The summed E-state index contributed by atoms with van der Waals surface area (Å²) >= 11 is 0. The smallest absolute Gasteiger partial charge is 0.204 e. The zero-order chi connectivity index (χ0) is 14.1. The number of nitrogens with one attached hydrogen (secondary N) is 2. The van der Waals surface area contributed by atoms with Gasteiger partial charge in [0.05, 0.1) is 17.2 Å². The molecule has 1 aromatic carbocycles. The fourth-order valence-corrected chi connectivity index (χ4v) is 2.42. The largest absolute Gasteiger partial charge is 0.351 e. The van der Waals surface area contributed by atoms with Crippen molar-refractivity contribution in [1.29, 1.82) is 0 Å². The lowest BCUT2D eigenvalue weighted by Crippen LogP contribution is -2.07. The molecule has 3 rings (SSSR count). The van der Waals surface area contributed by atoms with Gasteiger partial charge in [0.15, 0.2) is 0 Å². The first-order valence-corrected chi connectivity index (χ1v) is 6.88. The predicted molar refractivity (Wildman–Crippen MR) is 80.8 cm³/mol. The van der Waals surface area contributed by atoms with Gasteiger partial charge < -0.3 is 9.88 Å². The zero-order valence-corrected chi connectivity index (χ0v) is 12.1. The molecule has 0 amide bonds. The van der Waals surface area contributed by atoms with Gasteiger partial charge in [-0.3, -0.25) is 5.10 Å². The Morgan fingerprint density at radius 2 is 2.15 bits per heavy atom. The minimum Gasteiger partial charge on any atom is -0.351 e. The van der Waals surface area contributed by atoms with Gasteiger partial charge in [0.25, 0.3) is 0 Å². The van der Waals surface area contributed by atoms with Crippen LogP contribution in [-0.4, -0.2) is 19.7 Å². The van der Waals surface area contributed by atoms with E-state index in [0.717, 1.165) is 35.8 Å². The number of fused-ring (bicyclic) bond motifs is 1. The van der Waals surface area contributed by atoms with Gasteiger partial charge in [-0.15, -0.1) is 0 Å². The molecule has 0 saturated heterocycles. The fourth-order valence-electron chi connectivity index (χ4n) is 2.42. The summed E-state index contributed by atoms with van der Waals surface area (Å²) in [5.74, 6) is 0.911. The summed E-state index contributed by atoms with van der Waals surface area (Å²) < 4.78 is 2.20. The molecule has 104 valence electrons. The van der Waals surface area contributed by atoms with E-state index in [9.17, 15) is 0 Å². The summed E-state index contributed by atoms with van der Waals surface area (Å²) in [6, 6.07) is 6.38. The second-order valence-electron chi connectivity index (χ2n) is 5.05. The van der Waals surface area contributed by atoms with Gasteiger partial charge in [-0.05, 0) is 38.5 Å². The van der Waals surface area contributed by atoms with Gasteiger partial charge in [0.2, 0.25) is 5.95 Å². The van der Waals surface area contributed by atoms with Crippen LogP contribution < -0.4 is 5.32 Å². The number of anilines is 1. The first-order valence-electron chi connectivity index (χ1n) is 6.88. The van der Waals surface area contributed by atoms with Crippen molar-refractivity contribution in [3.8, 4) is 0 Å². The van der Waals surface area contributed by atoms with E-state index in [-0.39, 0.29) is 0 Å². The molecule has 5 nitrogen and oxygen atoms in total. The molecule has 2 heterocycles. The van der Waals surface area contributed by atoms with Crippen LogP contribution in [0.1, 0.15) is 23.7 Å². The maximum Gasteiger partial charge on any atom is 0.204 e. The van der Waals surface area contributed by atoms with Crippen LogP contribution >= 0.6 is 0 Å². The number of benzene rings is 1. The summed E-state index contributed by atoms with van der Waals surface area (Å²) in [5.41, 5.74) is 5.70. The number of imidazole rings is 1. The summed E-state index contributed by atoms with van der Waals surface area (Å²) in [5, 5.41) is 10.4. The topological polar surface area (TPSA) is 58.5 Å². The van der Waals surface area contributed by atoms with Crippen molar-refractivity contribution in [3.05, 3.63) is 41.2 Å². The minimum absolute atomic E-state index is 0.727. The van der Waals surface area contributed by atoms with Crippen molar-refractivity contribution >= 4 is 17.0 Å². The van der Waals surface area contributed by atoms with Crippen LogP contribution in [0.5, 0.6) is 0 Å². The molecule has 0 aliphatic carbocycles. The number of rotatable bonds is 4. The lowest BCUT2D eigenvalue weighted by molar-refractivity contribution is 0.787. The molecule has 0 spiro atoms. The molecule has 0 radical (unpaired) electrons. The van der Waals surface area contributed by atoms with Crippen LogP contribution in [0, 0.1) is 13.8 Å². The van der Waals surface area contributed by atoms with Crippen LogP contribution in [0.3, 0.4) is 0 Å². The second kappa shape index (κ2) is 5.00. The monoisotopic (exact) mass is 269 g/mol. The lowest BCUT2D eigenvalue weighted by Gasteiger charge is -2.08. The molecule has 0 unspecified atom stereocenters. The lowest BCUT2D eigenvalue weighted by atomic mass is 10.2. The summed E-state index contributed by atoms with van der Waals surface area (Å²) in [7, 11) is 0. The molecule has 0 fully saturated rings. The zero-order valence-electron chi connectivity index (χ0n) is 12.1. The van der Waals surface area contributed by atoms with Crippen molar-refractivity contribution in [1.82, 2.24) is 19.7 Å². The van der Waals surface area contributed by atoms with Crippen molar-refractivity contribution in [2.75, 3.05) is 5.32 Å². The highest BCUT2D eigenvalue weighted by Crippen LogP contribution is 2.21. The van der Waals surface area contributed by atoms with Gasteiger partial charge in [-0.1, -0.05) is 6.07 Å². The molecule has 5 heteroatoms. The third-order valence-electron chi connectivity index (χ3n) is 3.59. The van der Waals surface area contributed by atoms with Gasteiger partial charge in [0, 0.05) is 24.3 Å². The highest BCUT2D eigenvalue weighted by molar-refractivity contribution is 5.79. The Bertz CT molecular complexity index is 738. The van der Waals surface area contributed by atoms with E-state index in [4.69, 9.17) is 4.98 Å². The second-order valence-corrected chi connectivity index (χ2v) is 5.05. The minimum atomic E-state index is 0.727. The summed E-state index contributed by atoms with van der Waals surface area (Å²) in [4.78, 5) is 4.69. The first-order chi connectivity index (χ1) is 9.69. The van der Waals surface area contributed by atoms with Gasteiger partial charge in [-0.2, -0.15) is 5.10 Å². The maximum absolute atomic E-state index is 4.69. The Hall–Kier alpha value is -2.30. The number of aromatic amines is 1. The molecule has 2 N–H and O–H groups in total. The van der Waals surface area contributed by atoms with Crippen molar-refractivity contribution < 1.29 is 0 Å².